The molecular weight excluding hydrogens is 426 g/mol. The van der Waals surface area contributed by atoms with Crippen molar-refractivity contribution in [3.8, 4) is 5.75 Å². The van der Waals surface area contributed by atoms with Gasteiger partial charge >= 0.3 is 5.56 Å². The number of imidazole rings is 1. The molecule has 0 unspecified atom stereocenters. The molecule has 0 spiro atoms. The summed E-state index contributed by atoms with van der Waals surface area (Å²) in [6, 6.07) is 13.4. The van der Waals surface area contributed by atoms with Gasteiger partial charge in [0, 0.05) is 17.3 Å². The number of hydrogen-bond acceptors (Lipinski definition) is 5. The largest absolute Gasteiger partial charge is 0.491 e. The third kappa shape index (κ3) is 4.48. The topological polar surface area (TPSA) is 74.0 Å². The summed E-state index contributed by atoms with van der Waals surface area (Å²) < 4.78 is 9.56. The smallest absolute Gasteiger partial charge is 0.300 e. The number of fused-ring (bicyclic) bond motifs is 1. The Labute approximate surface area is 191 Å². The number of nitrogens with one attached hydrogen (secondary N) is 1. The third-order valence-corrected chi connectivity index (χ3v) is 5.38. The predicted molar refractivity (Wildman–Crippen MR) is 128 cm³/mol. The number of benzene rings is 2. The Kier molecular flexibility index (Phi) is 6.19. The lowest BCUT2D eigenvalue weighted by Crippen LogP contribution is -2.20. The fraction of sp³-hybridized carbons (Fsp3) is 0.292. The SMILES string of the molecule is CCn1cnc2c1c(=O)nc(Nc1ccc(OC(C)C)c(C)c1)n2Cc1ccc(Cl)cc1. The van der Waals surface area contributed by atoms with Crippen LogP contribution >= 0.6 is 11.6 Å². The summed E-state index contributed by atoms with van der Waals surface area (Å²) in [6.45, 7) is 9.07. The summed E-state index contributed by atoms with van der Waals surface area (Å²) in [5, 5.41) is 3.98. The van der Waals surface area contributed by atoms with E-state index in [1.54, 1.807) is 6.33 Å². The molecule has 2 aromatic carbocycles. The Morgan fingerprint density at radius 3 is 2.56 bits per heavy atom. The van der Waals surface area contributed by atoms with Crippen LogP contribution in [0.15, 0.2) is 53.6 Å². The van der Waals surface area contributed by atoms with Crippen LogP contribution < -0.4 is 15.6 Å². The average Bonchev–Trinajstić information content (AvgIpc) is 3.19. The molecule has 0 aliphatic rings. The van der Waals surface area contributed by atoms with Gasteiger partial charge in [-0.05, 0) is 69.2 Å². The summed E-state index contributed by atoms with van der Waals surface area (Å²) >= 11 is 6.05. The first-order valence-electron chi connectivity index (χ1n) is 10.6. The van der Waals surface area contributed by atoms with Crippen molar-refractivity contribution in [3.05, 3.63) is 75.3 Å². The number of aryl methyl sites for hydroxylation is 2. The van der Waals surface area contributed by atoms with E-state index in [0.717, 1.165) is 22.6 Å². The zero-order valence-electron chi connectivity index (χ0n) is 18.6. The van der Waals surface area contributed by atoms with Crippen LogP contribution in [0.4, 0.5) is 11.6 Å². The van der Waals surface area contributed by atoms with Gasteiger partial charge in [0.2, 0.25) is 5.95 Å². The Bertz CT molecular complexity index is 1310. The molecule has 8 heteroatoms. The molecule has 0 atom stereocenters. The molecule has 0 saturated heterocycles. The van der Waals surface area contributed by atoms with E-state index in [9.17, 15) is 4.79 Å². The molecule has 32 heavy (non-hydrogen) atoms. The van der Waals surface area contributed by atoms with Crippen LogP contribution in [-0.2, 0) is 13.1 Å². The highest BCUT2D eigenvalue weighted by Crippen LogP contribution is 2.26. The van der Waals surface area contributed by atoms with E-state index in [4.69, 9.17) is 16.3 Å². The van der Waals surface area contributed by atoms with Gasteiger partial charge in [-0.3, -0.25) is 9.36 Å². The fourth-order valence-corrected chi connectivity index (χ4v) is 3.72. The van der Waals surface area contributed by atoms with Crippen molar-refractivity contribution in [2.45, 2.75) is 46.9 Å². The number of anilines is 2. The van der Waals surface area contributed by atoms with E-state index in [1.165, 1.54) is 0 Å². The number of nitrogens with zero attached hydrogens (tertiary/aromatic N) is 4. The van der Waals surface area contributed by atoms with E-state index in [1.807, 2.05) is 79.3 Å². The van der Waals surface area contributed by atoms with Gasteiger partial charge in [-0.1, -0.05) is 23.7 Å². The summed E-state index contributed by atoms with van der Waals surface area (Å²) in [5.74, 6) is 1.25. The van der Waals surface area contributed by atoms with Crippen LogP contribution in [0.1, 0.15) is 31.9 Å². The second-order valence-electron chi connectivity index (χ2n) is 7.93. The molecular formula is C24H26ClN5O2. The van der Waals surface area contributed by atoms with Crippen molar-refractivity contribution < 1.29 is 4.74 Å². The van der Waals surface area contributed by atoms with Crippen molar-refractivity contribution in [1.82, 2.24) is 19.1 Å². The van der Waals surface area contributed by atoms with Crippen LogP contribution in [0.25, 0.3) is 11.2 Å². The molecule has 0 bridgehead atoms. The summed E-state index contributed by atoms with van der Waals surface area (Å²) in [6.07, 6.45) is 1.77. The summed E-state index contributed by atoms with van der Waals surface area (Å²) in [7, 11) is 0. The summed E-state index contributed by atoms with van der Waals surface area (Å²) in [5.41, 5.74) is 3.58. The minimum absolute atomic E-state index is 0.0924. The minimum Gasteiger partial charge on any atom is -0.491 e. The molecule has 166 valence electrons. The first kappa shape index (κ1) is 21.9. The lowest BCUT2D eigenvalue weighted by molar-refractivity contribution is 0.241. The van der Waals surface area contributed by atoms with Gasteiger partial charge in [0.1, 0.15) is 5.75 Å². The van der Waals surface area contributed by atoms with Gasteiger partial charge in [0.15, 0.2) is 11.2 Å². The normalized spacial score (nSPS) is 11.3. The van der Waals surface area contributed by atoms with Gasteiger partial charge in [-0.15, -0.1) is 0 Å². The van der Waals surface area contributed by atoms with E-state index in [0.29, 0.717) is 35.2 Å². The number of hydrogen-bond donors (Lipinski definition) is 1. The van der Waals surface area contributed by atoms with Crippen molar-refractivity contribution in [1.29, 1.82) is 0 Å². The van der Waals surface area contributed by atoms with Crippen molar-refractivity contribution in [2.24, 2.45) is 0 Å². The predicted octanol–water partition coefficient (Wildman–Crippen LogP) is 5.15. The fourth-order valence-electron chi connectivity index (χ4n) is 3.60. The van der Waals surface area contributed by atoms with Crippen LogP contribution in [0.2, 0.25) is 5.02 Å². The Balaban J connectivity index is 1.78. The molecule has 4 rings (SSSR count). The Morgan fingerprint density at radius 1 is 1.16 bits per heavy atom. The van der Waals surface area contributed by atoms with Gasteiger partial charge in [0.05, 0.1) is 19.0 Å². The molecule has 1 N–H and O–H groups in total. The van der Waals surface area contributed by atoms with Crippen LogP contribution in [0, 0.1) is 6.92 Å². The van der Waals surface area contributed by atoms with Crippen LogP contribution in [0.3, 0.4) is 0 Å². The number of rotatable bonds is 7. The molecule has 4 aromatic rings. The van der Waals surface area contributed by atoms with Crippen LogP contribution in [0.5, 0.6) is 5.75 Å². The zero-order chi connectivity index (χ0) is 22.8. The van der Waals surface area contributed by atoms with Crippen molar-refractivity contribution >= 4 is 34.4 Å². The van der Waals surface area contributed by atoms with Gasteiger partial charge < -0.3 is 14.6 Å². The maximum absolute atomic E-state index is 12.9. The maximum atomic E-state index is 12.9. The molecule has 2 aromatic heterocycles. The highest BCUT2D eigenvalue weighted by Gasteiger charge is 2.17. The van der Waals surface area contributed by atoms with Gasteiger partial charge in [0.25, 0.3) is 0 Å². The number of aromatic nitrogens is 4. The second-order valence-corrected chi connectivity index (χ2v) is 8.36. The highest BCUT2D eigenvalue weighted by molar-refractivity contribution is 6.30. The molecule has 0 aliphatic carbocycles. The number of ether oxygens (including phenoxy) is 1. The Hall–Kier alpha value is -3.32. The maximum Gasteiger partial charge on any atom is 0.300 e. The third-order valence-electron chi connectivity index (χ3n) is 5.13. The second kappa shape index (κ2) is 9.04. The lowest BCUT2D eigenvalue weighted by Gasteiger charge is -2.17. The summed E-state index contributed by atoms with van der Waals surface area (Å²) in [4.78, 5) is 21.8. The molecule has 0 aliphatic heterocycles. The number of halogens is 1. The quantitative estimate of drug-likeness (QED) is 0.420. The molecule has 0 saturated carbocycles. The van der Waals surface area contributed by atoms with E-state index < -0.39 is 0 Å². The van der Waals surface area contributed by atoms with Gasteiger partial charge in [-0.2, -0.15) is 4.98 Å². The average molecular weight is 452 g/mol. The molecule has 0 fully saturated rings. The monoisotopic (exact) mass is 451 g/mol. The standard InChI is InChI=1S/C24H26ClN5O2/c1-5-29-14-26-22-21(29)23(31)28-24(30(22)13-17-6-8-18(25)9-7-17)27-19-10-11-20(16(4)12-19)32-15(2)3/h6-12,14-15H,5,13H2,1-4H3,(H,27,28,31). The van der Waals surface area contributed by atoms with E-state index in [-0.39, 0.29) is 11.7 Å². The van der Waals surface area contributed by atoms with Gasteiger partial charge in [-0.25, -0.2) is 4.98 Å². The van der Waals surface area contributed by atoms with Crippen molar-refractivity contribution in [2.75, 3.05) is 5.32 Å². The molecule has 7 nitrogen and oxygen atoms in total. The Morgan fingerprint density at radius 2 is 1.91 bits per heavy atom. The molecule has 0 amide bonds. The van der Waals surface area contributed by atoms with E-state index >= 15 is 0 Å². The molecule has 0 radical (unpaired) electrons. The lowest BCUT2D eigenvalue weighted by atomic mass is 10.2. The minimum atomic E-state index is -0.314. The molecule has 2 heterocycles. The van der Waals surface area contributed by atoms with Crippen LogP contribution in [-0.4, -0.2) is 25.2 Å². The first-order chi connectivity index (χ1) is 15.4. The highest BCUT2D eigenvalue weighted by atomic mass is 35.5. The first-order valence-corrected chi connectivity index (χ1v) is 11.0. The zero-order valence-corrected chi connectivity index (χ0v) is 19.3. The van der Waals surface area contributed by atoms with Crippen molar-refractivity contribution in [3.63, 3.8) is 0 Å². The van der Waals surface area contributed by atoms with E-state index in [2.05, 4.69) is 15.3 Å².